The average molecular weight is 351 g/mol. The van der Waals surface area contributed by atoms with E-state index in [0.717, 1.165) is 6.26 Å². The van der Waals surface area contributed by atoms with E-state index in [1.165, 1.54) is 12.1 Å². The molecule has 10 nitrogen and oxygen atoms in total. The molecule has 2 N–H and O–H groups in total. The minimum Gasteiger partial charge on any atom is -0.493 e. The van der Waals surface area contributed by atoms with E-state index in [-0.39, 0.29) is 24.6 Å². The van der Waals surface area contributed by atoms with Gasteiger partial charge in [-0.3, -0.25) is 14.9 Å². The largest absolute Gasteiger partial charge is 0.493 e. The van der Waals surface area contributed by atoms with Gasteiger partial charge in [0.2, 0.25) is 5.76 Å². The third-order valence-electron chi connectivity index (χ3n) is 3.04. The summed E-state index contributed by atoms with van der Waals surface area (Å²) in [7, 11) is 0. The average Bonchev–Trinajstić information content (AvgIpc) is 2.64. The topological polar surface area (TPSA) is 129 Å². The van der Waals surface area contributed by atoms with Crippen molar-refractivity contribution in [3.8, 4) is 0 Å². The lowest BCUT2D eigenvalue weighted by molar-refractivity contribution is -0.384. The lowest BCUT2D eigenvalue weighted by Gasteiger charge is -2.14. The SMILES string of the molecule is O=C(COC(=O)C1=COCCO1)NCCNc1ccc([N+](=O)[O-])cc1. The number of hydrogen-bond donors (Lipinski definition) is 2. The molecule has 1 heterocycles. The van der Waals surface area contributed by atoms with E-state index in [2.05, 4.69) is 10.6 Å². The van der Waals surface area contributed by atoms with Gasteiger partial charge in [-0.05, 0) is 12.1 Å². The third kappa shape index (κ3) is 6.01. The van der Waals surface area contributed by atoms with Crippen LogP contribution in [0.25, 0.3) is 0 Å². The molecule has 25 heavy (non-hydrogen) atoms. The molecule has 134 valence electrons. The van der Waals surface area contributed by atoms with E-state index < -0.39 is 23.4 Å². The second kappa shape index (κ2) is 9.11. The van der Waals surface area contributed by atoms with Gasteiger partial charge in [-0.25, -0.2) is 4.79 Å². The van der Waals surface area contributed by atoms with E-state index in [1.54, 1.807) is 12.1 Å². The van der Waals surface area contributed by atoms with Gasteiger partial charge in [0.1, 0.15) is 19.5 Å². The zero-order valence-electron chi connectivity index (χ0n) is 13.2. The number of non-ortho nitro benzene ring substituents is 1. The molecule has 1 aromatic carbocycles. The van der Waals surface area contributed by atoms with Gasteiger partial charge in [-0.15, -0.1) is 0 Å². The maximum absolute atomic E-state index is 11.6. The second-order valence-electron chi connectivity index (χ2n) is 4.86. The highest BCUT2D eigenvalue weighted by molar-refractivity contribution is 5.88. The number of carbonyl (C=O) groups is 2. The molecule has 1 aliphatic rings. The van der Waals surface area contributed by atoms with Crippen molar-refractivity contribution in [2.24, 2.45) is 0 Å². The van der Waals surface area contributed by atoms with Crippen LogP contribution in [0.1, 0.15) is 0 Å². The first kappa shape index (κ1) is 18.0. The fourth-order valence-electron chi connectivity index (χ4n) is 1.84. The molecule has 2 rings (SSSR count). The standard InChI is InChI=1S/C15H17N3O7/c19-14(10-25-15(20)13-9-23-7-8-24-13)17-6-5-16-11-1-3-12(4-2-11)18(21)22/h1-4,9,16H,5-8,10H2,(H,17,19). The summed E-state index contributed by atoms with van der Waals surface area (Å²) in [5.74, 6) is -1.30. The Morgan fingerprint density at radius 2 is 1.96 bits per heavy atom. The van der Waals surface area contributed by atoms with E-state index in [1.807, 2.05) is 0 Å². The minimum atomic E-state index is -0.765. The van der Waals surface area contributed by atoms with Gasteiger partial charge < -0.3 is 24.8 Å². The summed E-state index contributed by atoms with van der Waals surface area (Å²) in [6, 6.07) is 5.90. The van der Waals surface area contributed by atoms with Crippen LogP contribution in [-0.4, -0.2) is 49.7 Å². The highest BCUT2D eigenvalue weighted by atomic mass is 16.6. The third-order valence-corrected chi connectivity index (χ3v) is 3.04. The fraction of sp³-hybridized carbons (Fsp3) is 0.333. The summed E-state index contributed by atoms with van der Waals surface area (Å²) in [5, 5.41) is 16.1. The predicted molar refractivity (Wildman–Crippen MR) is 85.5 cm³/mol. The Labute approximate surface area is 142 Å². The van der Waals surface area contributed by atoms with Gasteiger partial charge in [0, 0.05) is 30.9 Å². The normalized spacial score (nSPS) is 12.9. The number of rotatable bonds is 8. The molecule has 1 aromatic rings. The molecule has 0 spiro atoms. The van der Waals surface area contributed by atoms with Gasteiger partial charge in [0.25, 0.3) is 11.6 Å². The van der Waals surface area contributed by atoms with E-state index in [0.29, 0.717) is 18.8 Å². The highest BCUT2D eigenvalue weighted by Gasteiger charge is 2.17. The molecular formula is C15H17N3O7. The van der Waals surface area contributed by atoms with Crippen LogP contribution in [0.2, 0.25) is 0 Å². The lowest BCUT2D eigenvalue weighted by atomic mass is 10.3. The monoisotopic (exact) mass is 351 g/mol. The molecule has 0 aliphatic carbocycles. The molecule has 0 fully saturated rings. The second-order valence-corrected chi connectivity index (χ2v) is 4.86. The van der Waals surface area contributed by atoms with Gasteiger partial charge >= 0.3 is 5.97 Å². The van der Waals surface area contributed by atoms with Crippen molar-refractivity contribution in [3.05, 3.63) is 46.4 Å². The molecule has 0 radical (unpaired) electrons. The van der Waals surface area contributed by atoms with Crippen molar-refractivity contribution < 1.29 is 28.7 Å². The van der Waals surface area contributed by atoms with Crippen LogP contribution < -0.4 is 10.6 Å². The maximum Gasteiger partial charge on any atom is 0.377 e. The molecule has 1 amide bonds. The first-order valence-corrected chi connectivity index (χ1v) is 7.43. The molecule has 0 aromatic heterocycles. The van der Waals surface area contributed by atoms with Crippen LogP contribution in [0.15, 0.2) is 36.3 Å². The van der Waals surface area contributed by atoms with Gasteiger partial charge in [0.05, 0.1) is 4.92 Å². The fourth-order valence-corrected chi connectivity index (χ4v) is 1.84. The number of ether oxygens (including phenoxy) is 3. The van der Waals surface area contributed by atoms with E-state index in [4.69, 9.17) is 14.2 Å². The summed E-state index contributed by atoms with van der Waals surface area (Å²) in [5.41, 5.74) is 0.691. The number of hydrogen-bond acceptors (Lipinski definition) is 8. The zero-order valence-corrected chi connectivity index (χ0v) is 13.2. The van der Waals surface area contributed by atoms with Gasteiger partial charge in [0.15, 0.2) is 6.61 Å². The number of nitro benzene ring substituents is 1. The number of nitrogens with one attached hydrogen (secondary N) is 2. The summed E-state index contributed by atoms with van der Waals surface area (Å²) in [4.78, 5) is 33.2. The molecule has 0 saturated carbocycles. The van der Waals surface area contributed by atoms with Gasteiger partial charge in [-0.2, -0.15) is 0 Å². The number of nitro groups is 1. The van der Waals surface area contributed by atoms with Crippen LogP contribution in [0, 0.1) is 10.1 Å². The van der Waals surface area contributed by atoms with Crippen LogP contribution in [0.4, 0.5) is 11.4 Å². The quantitative estimate of drug-likeness (QED) is 0.301. The number of anilines is 1. The smallest absolute Gasteiger partial charge is 0.377 e. The number of carbonyl (C=O) groups excluding carboxylic acids is 2. The molecule has 0 unspecified atom stereocenters. The van der Waals surface area contributed by atoms with Crippen LogP contribution in [-0.2, 0) is 23.8 Å². The number of esters is 1. The van der Waals surface area contributed by atoms with Crippen molar-refractivity contribution in [2.75, 3.05) is 38.2 Å². The maximum atomic E-state index is 11.6. The molecular weight excluding hydrogens is 334 g/mol. The van der Waals surface area contributed by atoms with Crippen LogP contribution in [0.3, 0.4) is 0 Å². The first-order valence-electron chi connectivity index (χ1n) is 7.43. The first-order chi connectivity index (χ1) is 12.1. The summed E-state index contributed by atoms with van der Waals surface area (Å²) in [6.07, 6.45) is 1.15. The Bertz CT molecular complexity index is 658. The van der Waals surface area contributed by atoms with Gasteiger partial charge in [-0.1, -0.05) is 0 Å². The zero-order chi connectivity index (χ0) is 18.1. The molecule has 0 saturated heterocycles. The van der Waals surface area contributed by atoms with Crippen molar-refractivity contribution in [1.82, 2.24) is 5.32 Å². The molecule has 0 bridgehead atoms. The Kier molecular flexibility index (Phi) is 6.57. The summed E-state index contributed by atoms with van der Waals surface area (Å²) < 4.78 is 14.7. The van der Waals surface area contributed by atoms with Crippen molar-refractivity contribution in [3.63, 3.8) is 0 Å². The Morgan fingerprint density at radius 1 is 1.20 bits per heavy atom. The number of amides is 1. The predicted octanol–water partition coefficient (Wildman–Crippen LogP) is 0.554. The van der Waals surface area contributed by atoms with Crippen LogP contribution in [0.5, 0.6) is 0 Å². The van der Waals surface area contributed by atoms with E-state index in [9.17, 15) is 19.7 Å². The number of benzene rings is 1. The minimum absolute atomic E-state index is 0.00290. The molecule has 1 aliphatic heterocycles. The Hall–Kier alpha value is -3.30. The Balaban J connectivity index is 1.61. The van der Waals surface area contributed by atoms with E-state index >= 15 is 0 Å². The Morgan fingerprint density at radius 3 is 2.60 bits per heavy atom. The van der Waals surface area contributed by atoms with Crippen LogP contribution >= 0.6 is 0 Å². The highest BCUT2D eigenvalue weighted by Crippen LogP contribution is 2.14. The summed E-state index contributed by atoms with van der Waals surface area (Å²) >= 11 is 0. The number of nitrogens with zero attached hydrogens (tertiary/aromatic N) is 1. The molecule has 10 heteroatoms. The molecule has 0 atom stereocenters. The van der Waals surface area contributed by atoms with Crippen molar-refractivity contribution >= 4 is 23.3 Å². The van der Waals surface area contributed by atoms with Crippen molar-refractivity contribution in [1.29, 1.82) is 0 Å². The van der Waals surface area contributed by atoms with Crippen molar-refractivity contribution in [2.45, 2.75) is 0 Å². The summed E-state index contributed by atoms with van der Waals surface area (Å²) in [6.45, 7) is 0.868. The lowest BCUT2D eigenvalue weighted by Crippen LogP contribution is -2.33.